The molecule has 31 heavy (non-hydrogen) atoms. The summed E-state index contributed by atoms with van der Waals surface area (Å²) in [7, 11) is -4.76. The summed E-state index contributed by atoms with van der Waals surface area (Å²) in [6, 6.07) is -3.30. The van der Waals surface area contributed by atoms with E-state index >= 15 is 0 Å². The normalized spacial score (nSPS) is 13.7. The molecule has 0 aliphatic heterocycles. The first-order valence-corrected chi connectivity index (χ1v) is 9.95. The Hall–Kier alpha value is 0.453. The number of rotatable bonds is 10. The number of carbonyl (C=O) groups is 3. The van der Waals surface area contributed by atoms with Crippen LogP contribution in [0.2, 0.25) is 0 Å². The predicted octanol–water partition coefficient (Wildman–Crippen LogP) is -7.33. The average molecular weight is 532 g/mol. The van der Waals surface area contributed by atoms with Crippen molar-refractivity contribution < 1.29 is 145 Å². The van der Waals surface area contributed by atoms with Crippen molar-refractivity contribution in [2.24, 2.45) is 5.16 Å². The summed E-state index contributed by atoms with van der Waals surface area (Å²) >= 11 is 0.922. The number of nitrogens with one attached hydrogen (secondary N) is 2. The summed E-state index contributed by atoms with van der Waals surface area (Å²) in [6.07, 6.45) is 0. The summed E-state index contributed by atoms with van der Waals surface area (Å²) in [5, 5.41) is 25.1. The zero-order chi connectivity index (χ0) is 22.6. The average Bonchev–Trinajstić information content (AvgIpc) is 2.96. The molecule has 0 fully saturated rings. The Labute approximate surface area is 266 Å². The molecule has 0 spiro atoms. The molecule has 18 heteroatoms. The molecule has 1 aromatic rings. The third-order valence-electron chi connectivity index (χ3n) is 3.25. The maximum atomic E-state index is 12.6. The number of anilines is 1. The van der Waals surface area contributed by atoms with Gasteiger partial charge >= 0.3 is 125 Å². The molecule has 2 unspecified atom stereocenters. The summed E-state index contributed by atoms with van der Waals surface area (Å²) < 4.78 is 32.2. The largest absolute Gasteiger partial charge is 1.00 e. The van der Waals surface area contributed by atoms with Gasteiger partial charge in [-0.25, -0.2) is 14.6 Å². The van der Waals surface area contributed by atoms with Crippen LogP contribution in [0.3, 0.4) is 0 Å². The number of carbonyl (C=O) groups excluding carboxylic acids is 1. The minimum atomic E-state index is -4.76. The van der Waals surface area contributed by atoms with Crippen LogP contribution in [-0.4, -0.2) is 69.4 Å². The molecular weight excluding hydrogens is 512 g/mol. The number of hydrogen-bond acceptors (Lipinski definition) is 10. The van der Waals surface area contributed by atoms with Crippen molar-refractivity contribution in [2.75, 3.05) is 5.73 Å². The van der Waals surface area contributed by atoms with Crippen molar-refractivity contribution in [1.29, 1.82) is 0 Å². The number of amides is 1. The Kier molecular flexibility index (Phi) is 15.2. The van der Waals surface area contributed by atoms with Crippen LogP contribution in [0.1, 0.15) is 26.5 Å². The van der Waals surface area contributed by atoms with Gasteiger partial charge in [0, 0.05) is 5.38 Å². The van der Waals surface area contributed by atoms with E-state index in [1.807, 2.05) is 5.32 Å². The molecule has 0 saturated heterocycles. The number of thiazole rings is 1. The molecule has 7 N–H and O–H groups in total. The number of carboxylic acid groups (broad SMARTS) is 2. The molecule has 0 aliphatic carbocycles. The van der Waals surface area contributed by atoms with E-state index in [1.165, 1.54) is 5.38 Å². The van der Waals surface area contributed by atoms with E-state index in [9.17, 15) is 27.9 Å². The third kappa shape index (κ3) is 11.4. The van der Waals surface area contributed by atoms with Crippen molar-refractivity contribution in [1.82, 2.24) is 15.0 Å². The Balaban J connectivity index is 0. The number of nitrogens with two attached hydrogens (primary N) is 1. The summed E-state index contributed by atoms with van der Waals surface area (Å²) in [6.45, 7) is 3.39. The zero-order valence-electron chi connectivity index (χ0n) is 17.3. The van der Waals surface area contributed by atoms with Crippen LogP contribution in [0.15, 0.2) is 10.5 Å². The number of nitrogens with zero attached hydrogens (tertiary/aromatic N) is 2. The SMILES string of the molecule is CC(NS(=O)(=O)O)C(NC(=O)/C(=N/OC(C)(C)C(=O)O)c1csc(N)n1)C(=O)O.[K+].[K+]. The van der Waals surface area contributed by atoms with Crippen LogP contribution in [0.25, 0.3) is 0 Å². The van der Waals surface area contributed by atoms with Crippen LogP contribution in [0.4, 0.5) is 5.13 Å². The fourth-order valence-electron chi connectivity index (χ4n) is 1.71. The van der Waals surface area contributed by atoms with E-state index in [4.69, 9.17) is 20.2 Å². The van der Waals surface area contributed by atoms with Gasteiger partial charge in [-0.15, -0.1) is 11.3 Å². The summed E-state index contributed by atoms with van der Waals surface area (Å²) in [5.41, 5.74) is 2.93. The summed E-state index contributed by atoms with van der Waals surface area (Å²) in [5.74, 6) is -4.20. The maximum absolute atomic E-state index is 12.6. The Morgan fingerprint density at radius 3 is 2.23 bits per heavy atom. The zero-order valence-corrected chi connectivity index (χ0v) is 25.2. The van der Waals surface area contributed by atoms with Gasteiger partial charge in [0.05, 0.1) is 6.04 Å². The number of nitrogen functional groups attached to an aromatic ring is 1. The quantitative estimate of drug-likeness (QED) is 0.0718. The van der Waals surface area contributed by atoms with Crippen LogP contribution < -0.4 is 119 Å². The van der Waals surface area contributed by atoms with Gasteiger partial charge in [-0.2, -0.15) is 13.1 Å². The van der Waals surface area contributed by atoms with Crippen molar-refractivity contribution in [3.63, 3.8) is 0 Å². The van der Waals surface area contributed by atoms with Gasteiger partial charge in [0.15, 0.2) is 10.8 Å². The van der Waals surface area contributed by atoms with Crippen molar-refractivity contribution in [3.05, 3.63) is 11.1 Å². The second kappa shape index (κ2) is 14.0. The number of hydrogen-bond donors (Lipinski definition) is 6. The minimum Gasteiger partial charge on any atom is -0.480 e. The molecule has 1 aromatic heterocycles. The monoisotopic (exact) mass is 531 g/mol. The molecule has 162 valence electrons. The maximum Gasteiger partial charge on any atom is 1.00 e. The molecular formula is C13H19K2N5O9S2+2. The molecule has 0 saturated carbocycles. The van der Waals surface area contributed by atoms with Gasteiger partial charge in [0.1, 0.15) is 11.7 Å². The molecule has 1 amide bonds. The van der Waals surface area contributed by atoms with Gasteiger partial charge in [-0.05, 0) is 20.8 Å². The second-order valence-corrected chi connectivity index (χ2v) is 8.16. The minimum absolute atomic E-state index is 0. The second-order valence-electron chi connectivity index (χ2n) is 6.09. The van der Waals surface area contributed by atoms with Gasteiger partial charge in [0.2, 0.25) is 5.60 Å². The van der Waals surface area contributed by atoms with Crippen molar-refractivity contribution in [3.8, 4) is 0 Å². The van der Waals surface area contributed by atoms with E-state index in [2.05, 4.69) is 10.1 Å². The van der Waals surface area contributed by atoms with Crippen LogP contribution in [-0.2, 0) is 29.5 Å². The van der Waals surface area contributed by atoms with E-state index in [-0.39, 0.29) is 114 Å². The Morgan fingerprint density at radius 2 is 1.84 bits per heavy atom. The number of aromatic nitrogens is 1. The fourth-order valence-corrected chi connectivity index (χ4v) is 2.87. The van der Waals surface area contributed by atoms with Crippen LogP contribution >= 0.6 is 11.3 Å². The standard InChI is InChI=1S/C13H19N5O9S2.2K/c1-5(18-29(24,25)26)7(10(20)21)16-9(19)8(6-4-28-12(14)15-6)17-27-13(2,3)11(22)23;;/h4-5,7,18H,1-3H3,(H2,14,15)(H,16,19)(H,20,21)(H,22,23)(H,24,25,26);;/q;2*+1/b17-8+;;. The first-order valence-electron chi connectivity index (χ1n) is 7.63. The van der Waals surface area contributed by atoms with E-state index < -0.39 is 51.5 Å². The number of oxime groups is 1. The molecule has 0 aliphatic rings. The van der Waals surface area contributed by atoms with Gasteiger partial charge < -0.3 is 26.1 Å². The third-order valence-corrected chi connectivity index (χ3v) is 4.59. The first kappa shape index (κ1) is 33.6. The summed E-state index contributed by atoms with van der Waals surface area (Å²) in [4.78, 5) is 43.8. The topological polar surface area (TPSA) is 231 Å². The molecule has 14 nitrogen and oxygen atoms in total. The molecule has 0 aromatic carbocycles. The van der Waals surface area contributed by atoms with Gasteiger partial charge in [-0.3, -0.25) is 9.35 Å². The van der Waals surface area contributed by atoms with Crippen molar-refractivity contribution >= 4 is 50.3 Å². The predicted molar refractivity (Wildman–Crippen MR) is 99.6 cm³/mol. The van der Waals surface area contributed by atoms with E-state index in [0.717, 1.165) is 32.1 Å². The molecule has 0 radical (unpaired) electrons. The Bertz CT molecular complexity index is 936. The van der Waals surface area contributed by atoms with E-state index in [1.54, 1.807) is 4.72 Å². The molecule has 1 heterocycles. The number of carboxylic acids is 2. The molecule has 1 rings (SSSR count). The smallest absolute Gasteiger partial charge is 0.480 e. The van der Waals surface area contributed by atoms with Crippen molar-refractivity contribution in [2.45, 2.75) is 38.5 Å². The first-order chi connectivity index (χ1) is 13.1. The Morgan fingerprint density at radius 1 is 1.29 bits per heavy atom. The van der Waals surface area contributed by atoms with Crippen LogP contribution in [0, 0.1) is 0 Å². The molecule has 2 atom stereocenters. The van der Waals surface area contributed by atoms with Gasteiger partial charge in [-0.1, -0.05) is 5.16 Å². The fraction of sp³-hybridized carbons (Fsp3) is 0.462. The number of aliphatic carboxylic acids is 2. The molecule has 0 bridgehead atoms. The van der Waals surface area contributed by atoms with Gasteiger partial charge in [0.25, 0.3) is 5.91 Å². The van der Waals surface area contributed by atoms with Crippen LogP contribution in [0.5, 0.6) is 0 Å². The van der Waals surface area contributed by atoms with E-state index in [0.29, 0.717) is 0 Å².